The third kappa shape index (κ3) is 3.23. The minimum atomic E-state index is -0.477. The number of para-hydroxylation sites is 1. The van der Waals surface area contributed by atoms with Crippen molar-refractivity contribution in [2.24, 2.45) is 0 Å². The van der Waals surface area contributed by atoms with E-state index in [1.54, 1.807) is 37.4 Å². The van der Waals surface area contributed by atoms with Crippen LogP contribution in [-0.2, 0) is 17.8 Å². The van der Waals surface area contributed by atoms with E-state index in [0.29, 0.717) is 17.9 Å². The highest BCUT2D eigenvalue weighted by Crippen LogP contribution is 2.19. The first-order chi connectivity index (χ1) is 9.58. The molecule has 1 aromatic heterocycles. The molecule has 2 rings (SSSR count). The van der Waals surface area contributed by atoms with Crippen LogP contribution in [0, 0.1) is 10.1 Å². The maximum absolute atomic E-state index is 12.1. The Balaban J connectivity index is 2.06. The van der Waals surface area contributed by atoms with Crippen LogP contribution in [0.25, 0.3) is 0 Å². The average molecular weight is 274 g/mol. The van der Waals surface area contributed by atoms with Gasteiger partial charge >= 0.3 is 0 Å². The number of nitro groups is 1. The second-order valence-electron chi connectivity index (χ2n) is 4.39. The van der Waals surface area contributed by atoms with Gasteiger partial charge in [0.05, 0.1) is 24.2 Å². The third-order valence-electron chi connectivity index (χ3n) is 2.93. The first-order valence-electron chi connectivity index (χ1n) is 6.06. The molecule has 0 fully saturated rings. The van der Waals surface area contributed by atoms with Crippen LogP contribution in [0.1, 0.15) is 11.3 Å². The molecule has 104 valence electrons. The van der Waals surface area contributed by atoms with Gasteiger partial charge in [-0.05, 0) is 12.1 Å². The summed E-state index contributed by atoms with van der Waals surface area (Å²) < 4.78 is 5.16. The van der Waals surface area contributed by atoms with Gasteiger partial charge in [-0.15, -0.1) is 0 Å². The highest BCUT2D eigenvalue weighted by atomic mass is 16.6. The van der Waals surface area contributed by atoms with E-state index >= 15 is 0 Å². The van der Waals surface area contributed by atoms with E-state index < -0.39 is 4.92 Å². The molecule has 1 amide bonds. The third-order valence-corrected chi connectivity index (χ3v) is 2.93. The molecule has 0 saturated heterocycles. The van der Waals surface area contributed by atoms with Crippen LogP contribution >= 0.6 is 0 Å². The van der Waals surface area contributed by atoms with E-state index in [9.17, 15) is 14.9 Å². The molecular weight excluding hydrogens is 260 g/mol. The highest BCUT2D eigenvalue weighted by molar-refractivity contribution is 5.79. The van der Waals surface area contributed by atoms with Gasteiger partial charge < -0.3 is 9.32 Å². The summed E-state index contributed by atoms with van der Waals surface area (Å²) in [4.78, 5) is 24.0. The predicted molar refractivity (Wildman–Crippen MR) is 72.0 cm³/mol. The fourth-order valence-electron chi connectivity index (χ4n) is 1.86. The van der Waals surface area contributed by atoms with Crippen LogP contribution in [0.5, 0.6) is 0 Å². The molecule has 2 aromatic rings. The van der Waals surface area contributed by atoms with Crippen molar-refractivity contribution in [3.8, 4) is 0 Å². The van der Waals surface area contributed by atoms with E-state index in [4.69, 9.17) is 4.42 Å². The molecule has 6 heteroatoms. The van der Waals surface area contributed by atoms with Crippen molar-refractivity contribution in [1.29, 1.82) is 0 Å². The Hall–Kier alpha value is -2.63. The number of furan rings is 1. The number of rotatable bonds is 5. The maximum atomic E-state index is 12.1. The molecule has 0 aliphatic heterocycles. The molecule has 0 radical (unpaired) electrons. The zero-order valence-corrected chi connectivity index (χ0v) is 11.0. The quantitative estimate of drug-likeness (QED) is 0.619. The minimum Gasteiger partial charge on any atom is -0.467 e. The zero-order chi connectivity index (χ0) is 14.5. The van der Waals surface area contributed by atoms with E-state index in [2.05, 4.69) is 0 Å². The normalized spacial score (nSPS) is 10.2. The molecule has 0 spiro atoms. The molecule has 0 atom stereocenters. The molecule has 0 aliphatic rings. The number of hydrogen-bond donors (Lipinski definition) is 0. The number of nitro benzene ring substituents is 1. The summed E-state index contributed by atoms with van der Waals surface area (Å²) in [6.45, 7) is 0.340. The summed E-state index contributed by atoms with van der Waals surface area (Å²) in [5.41, 5.74) is 0.376. The fourth-order valence-corrected chi connectivity index (χ4v) is 1.86. The Labute approximate surface area is 115 Å². The Bertz CT molecular complexity index is 607. The smallest absolute Gasteiger partial charge is 0.273 e. The van der Waals surface area contributed by atoms with Gasteiger partial charge in [0.2, 0.25) is 5.91 Å². The first kappa shape index (κ1) is 13.8. The van der Waals surface area contributed by atoms with E-state index in [-0.39, 0.29) is 18.0 Å². The topological polar surface area (TPSA) is 76.6 Å². The van der Waals surface area contributed by atoms with Crippen LogP contribution in [0.3, 0.4) is 0 Å². The van der Waals surface area contributed by atoms with Crippen molar-refractivity contribution < 1.29 is 14.1 Å². The monoisotopic (exact) mass is 274 g/mol. The Morgan fingerprint density at radius 1 is 1.30 bits per heavy atom. The molecule has 6 nitrogen and oxygen atoms in total. The second-order valence-corrected chi connectivity index (χ2v) is 4.39. The summed E-state index contributed by atoms with van der Waals surface area (Å²) >= 11 is 0. The van der Waals surface area contributed by atoms with Crippen molar-refractivity contribution in [3.63, 3.8) is 0 Å². The van der Waals surface area contributed by atoms with E-state index in [0.717, 1.165) is 0 Å². The van der Waals surface area contributed by atoms with Crippen LogP contribution in [0.2, 0.25) is 0 Å². The Morgan fingerprint density at radius 2 is 2.05 bits per heavy atom. The second kappa shape index (κ2) is 6.01. The molecule has 0 N–H and O–H groups in total. The Morgan fingerprint density at radius 3 is 2.70 bits per heavy atom. The standard InChI is InChI=1S/C14H14N2O4/c1-15(10-12-6-4-8-20-12)14(17)9-11-5-2-3-7-13(11)16(18)19/h2-8H,9-10H2,1H3. The molecule has 0 unspecified atom stereocenters. The molecule has 20 heavy (non-hydrogen) atoms. The number of benzene rings is 1. The number of carbonyl (C=O) groups is 1. The lowest BCUT2D eigenvalue weighted by atomic mass is 10.1. The SMILES string of the molecule is CN(Cc1ccco1)C(=O)Cc1ccccc1[N+](=O)[O-]. The van der Waals surface area contributed by atoms with Gasteiger partial charge in [0.1, 0.15) is 5.76 Å². The van der Waals surface area contributed by atoms with Crippen LogP contribution in [0.4, 0.5) is 5.69 Å². The Kier molecular flexibility index (Phi) is 4.14. The van der Waals surface area contributed by atoms with E-state index in [1.165, 1.54) is 17.2 Å². The molecule has 0 saturated carbocycles. The van der Waals surface area contributed by atoms with E-state index in [1.807, 2.05) is 0 Å². The summed E-state index contributed by atoms with van der Waals surface area (Å²) in [5.74, 6) is 0.471. The zero-order valence-electron chi connectivity index (χ0n) is 11.0. The van der Waals surface area contributed by atoms with Crippen molar-refractivity contribution in [2.75, 3.05) is 7.05 Å². The van der Waals surface area contributed by atoms with Crippen molar-refractivity contribution in [3.05, 3.63) is 64.1 Å². The van der Waals surface area contributed by atoms with Gasteiger partial charge in [0.25, 0.3) is 5.69 Å². The van der Waals surface area contributed by atoms with Crippen molar-refractivity contribution >= 4 is 11.6 Å². The number of likely N-dealkylation sites (N-methyl/N-ethyl adjacent to an activating group) is 1. The largest absolute Gasteiger partial charge is 0.467 e. The number of hydrogen-bond acceptors (Lipinski definition) is 4. The van der Waals surface area contributed by atoms with Gasteiger partial charge in [-0.1, -0.05) is 18.2 Å². The summed E-state index contributed by atoms with van der Waals surface area (Å²) in [5, 5.41) is 10.9. The van der Waals surface area contributed by atoms with Gasteiger partial charge in [-0.3, -0.25) is 14.9 Å². The summed E-state index contributed by atoms with van der Waals surface area (Å²) in [6, 6.07) is 9.77. The average Bonchev–Trinajstić information content (AvgIpc) is 2.91. The van der Waals surface area contributed by atoms with Crippen molar-refractivity contribution in [1.82, 2.24) is 4.90 Å². The van der Waals surface area contributed by atoms with Crippen LogP contribution < -0.4 is 0 Å². The van der Waals surface area contributed by atoms with Crippen LogP contribution in [-0.4, -0.2) is 22.8 Å². The lowest BCUT2D eigenvalue weighted by Gasteiger charge is -2.15. The predicted octanol–water partition coefficient (Wildman–Crippen LogP) is 2.39. The lowest BCUT2D eigenvalue weighted by Crippen LogP contribution is -2.27. The van der Waals surface area contributed by atoms with Gasteiger partial charge in [-0.25, -0.2) is 0 Å². The summed E-state index contributed by atoms with van der Waals surface area (Å²) in [7, 11) is 1.64. The van der Waals surface area contributed by atoms with Gasteiger partial charge in [0.15, 0.2) is 0 Å². The molecular formula is C14H14N2O4. The lowest BCUT2D eigenvalue weighted by molar-refractivity contribution is -0.385. The van der Waals surface area contributed by atoms with Gasteiger partial charge in [-0.2, -0.15) is 0 Å². The number of amides is 1. The minimum absolute atomic E-state index is 0.00559. The maximum Gasteiger partial charge on any atom is 0.273 e. The molecule has 0 bridgehead atoms. The first-order valence-corrected chi connectivity index (χ1v) is 6.06. The highest BCUT2D eigenvalue weighted by Gasteiger charge is 2.18. The van der Waals surface area contributed by atoms with Crippen molar-refractivity contribution in [2.45, 2.75) is 13.0 Å². The molecule has 1 aromatic carbocycles. The number of carbonyl (C=O) groups excluding carboxylic acids is 1. The summed E-state index contributed by atoms with van der Waals surface area (Å²) in [6.07, 6.45) is 1.53. The number of nitrogens with zero attached hydrogens (tertiary/aromatic N) is 2. The van der Waals surface area contributed by atoms with Crippen LogP contribution in [0.15, 0.2) is 47.1 Å². The molecule has 1 heterocycles. The fraction of sp³-hybridized carbons (Fsp3) is 0.214. The molecule has 0 aliphatic carbocycles. The van der Waals surface area contributed by atoms with Gasteiger partial charge in [0, 0.05) is 18.7 Å².